The monoisotopic (exact) mass is 189 g/mol. The normalized spacial score (nSPS) is 2.33. The van der Waals surface area contributed by atoms with Crippen LogP contribution in [0.25, 0.3) is 0 Å². The fourth-order valence-electron chi connectivity index (χ4n) is 0. The van der Waals surface area contributed by atoms with Crippen LogP contribution < -0.4 is 0 Å². The van der Waals surface area contributed by atoms with Crippen LogP contribution in [0, 0.1) is 0 Å². The molecule has 0 radical (unpaired) electrons. The molecule has 0 unspecified atom stereocenters. The molecular weight excluding hydrogens is 181 g/mol. The van der Waals surface area contributed by atoms with E-state index in [0.717, 1.165) is 0 Å². The second kappa shape index (κ2) is 31.9. The topological polar surface area (TPSA) is 0 Å². The van der Waals surface area contributed by atoms with Crippen molar-refractivity contribution in [3.8, 4) is 0 Å². The van der Waals surface area contributed by atoms with Crippen molar-refractivity contribution in [2.45, 2.75) is 11.3 Å². The molecule has 0 amide bonds. The Morgan fingerprint density at radius 3 is 0.833 bits per heavy atom. The van der Waals surface area contributed by atoms with Gasteiger partial charge < -0.3 is 0 Å². The first kappa shape index (κ1) is 26.0. The zero-order chi connectivity index (χ0) is 2.71. The molecule has 0 saturated heterocycles. The molecule has 0 N–H and O–H groups in total. The van der Waals surface area contributed by atoms with Crippen LogP contribution in [-0.2, 0) is 16.3 Å². The summed E-state index contributed by atoms with van der Waals surface area (Å²) in [6, 6.07) is 0. The van der Waals surface area contributed by atoms with Crippen molar-refractivity contribution in [3.63, 3.8) is 0 Å². The average Bonchev–Trinajstić information content (AvgIpc) is 0.918. The molecule has 0 fully saturated rings. The Labute approximate surface area is 64.7 Å². The summed E-state index contributed by atoms with van der Waals surface area (Å²) < 4.78 is 0. The van der Waals surface area contributed by atoms with Crippen LogP contribution in [0.4, 0.5) is 0 Å². The summed E-state index contributed by atoms with van der Waals surface area (Å²) in [5, 5.41) is 0. The van der Waals surface area contributed by atoms with Crippen molar-refractivity contribution in [3.05, 3.63) is 0 Å². The van der Waals surface area contributed by atoms with E-state index in [9.17, 15) is 0 Å². The SMILES string of the molecule is Cl.Cl.Cl.[CH3][V][CH3]. The molecule has 0 saturated carbocycles. The van der Waals surface area contributed by atoms with E-state index in [1.54, 1.807) is 0 Å². The summed E-state index contributed by atoms with van der Waals surface area (Å²) in [4.78, 5) is 0. The summed E-state index contributed by atoms with van der Waals surface area (Å²) in [5.41, 5.74) is 4.44. The Bertz CT molecular complexity index is 8.75. The van der Waals surface area contributed by atoms with Crippen LogP contribution in [0.15, 0.2) is 0 Å². The van der Waals surface area contributed by atoms with Crippen molar-refractivity contribution in [1.82, 2.24) is 0 Å². The van der Waals surface area contributed by atoms with E-state index < -0.39 is 0 Å². The van der Waals surface area contributed by atoms with Gasteiger partial charge in [-0.2, -0.15) is 0 Å². The fraction of sp³-hybridized carbons (Fsp3) is 1.00. The van der Waals surface area contributed by atoms with E-state index in [4.69, 9.17) is 0 Å². The second-order valence-electron chi connectivity index (χ2n) is 0.447. The summed E-state index contributed by atoms with van der Waals surface area (Å²) in [7, 11) is 0. The van der Waals surface area contributed by atoms with E-state index in [-0.39, 0.29) is 37.2 Å². The van der Waals surface area contributed by atoms with Crippen LogP contribution in [0.3, 0.4) is 0 Å². The Morgan fingerprint density at radius 1 is 0.833 bits per heavy atom. The van der Waals surface area contributed by atoms with Gasteiger partial charge >= 0.3 is 27.6 Å². The molecule has 0 aliphatic carbocycles. The molecule has 0 aliphatic rings. The molecule has 0 rings (SSSR count). The van der Waals surface area contributed by atoms with Gasteiger partial charge in [-0.15, -0.1) is 37.2 Å². The first-order chi connectivity index (χ1) is 1.41. The third-order valence-corrected chi connectivity index (χ3v) is 0. The van der Waals surface area contributed by atoms with Gasteiger partial charge in [0.05, 0.1) is 0 Å². The van der Waals surface area contributed by atoms with Gasteiger partial charge in [0.25, 0.3) is 0 Å². The zero-order valence-electron chi connectivity index (χ0n) is 3.67. The molecule has 4 heteroatoms. The van der Waals surface area contributed by atoms with Crippen LogP contribution in [0.2, 0.25) is 11.3 Å². The number of halogens is 3. The minimum absolute atomic E-state index is 0. The molecule has 0 aromatic rings. The first-order valence-electron chi connectivity index (χ1n) is 0.894. The van der Waals surface area contributed by atoms with Crippen LogP contribution in [0.5, 0.6) is 0 Å². The molecule has 0 aliphatic heterocycles. The van der Waals surface area contributed by atoms with Crippen LogP contribution >= 0.6 is 37.2 Å². The predicted molar refractivity (Wildman–Crippen MR) is 33.5 cm³/mol. The van der Waals surface area contributed by atoms with Gasteiger partial charge in [-0.1, -0.05) is 0 Å². The standard InChI is InChI=1S/2CH3.3ClH.V/h2*1H3;3*1H;. The number of rotatable bonds is 0. The summed E-state index contributed by atoms with van der Waals surface area (Å²) in [5.74, 6) is 0. The molecule has 0 spiro atoms. The van der Waals surface area contributed by atoms with E-state index in [2.05, 4.69) is 11.3 Å². The van der Waals surface area contributed by atoms with Crippen molar-refractivity contribution in [1.29, 1.82) is 0 Å². The van der Waals surface area contributed by atoms with Gasteiger partial charge in [-0.25, -0.2) is 0 Å². The molecule has 0 bridgehead atoms. The van der Waals surface area contributed by atoms with Crippen molar-refractivity contribution < 1.29 is 16.3 Å². The first-order valence-corrected chi connectivity index (χ1v) is 3.69. The summed E-state index contributed by atoms with van der Waals surface area (Å²) in [6.07, 6.45) is 0. The number of hydrogen-bond acceptors (Lipinski definition) is 0. The van der Waals surface area contributed by atoms with E-state index >= 15 is 0 Å². The molecule has 0 atom stereocenters. The fourth-order valence-corrected chi connectivity index (χ4v) is 0. The molecule has 0 nitrogen and oxygen atoms in total. The van der Waals surface area contributed by atoms with Crippen LogP contribution in [-0.4, -0.2) is 0 Å². The maximum absolute atomic E-state index is 2.22. The Kier molecular flexibility index (Phi) is 138. The number of hydrogen-bond donors (Lipinski definition) is 0. The zero-order valence-corrected chi connectivity index (χ0v) is 7.52. The molecular formula is C2H9Cl3V. The predicted octanol–water partition coefficient (Wildman–Crippen LogP) is 2.43. The van der Waals surface area contributed by atoms with Crippen molar-refractivity contribution in [2.24, 2.45) is 0 Å². The average molecular weight is 190 g/mol. The van der Waals surface area contributed by atoms with Crippen molar-refractivity contribution in [2.75, 3.05) is 0 Å². The van der Waals surface area contributed by atoms with Gasteiger partial charge in [0.1, 0.15) is 0 Å². The van der Waals surface area contributed by atoms with E-state index in [0.29, 0.717) is 16.3 Å². The Hall–Kier alpha value is 1.45. The van der Waals surface area contributed by atoms with Gasteiger partial charge in [-0.05, 0) is 0 Å². The molecule has 0 aromatic heterocycles. The van der Waals surface area contributed by atoms with Gasteiger partial charge in [-0.3, -0.25) is 0 Å². The quantitative estimate of drug-likeness (QED) is 0.550. The van der Waals surface area contributed by atoms with Crippen LogP contribution in [0.1, 0.15) is 0 Å². The minimum atomic E-state index is 0. The molecule has 6 heavy (non-hydrogen) atoms. The second-order valence-corrected chi connectivity index (χ2v) is 1.84. The Balaban J connectivity index is -0.00000000667. The van der Waals surface area contributed by atoms with Gasteiger partial charge in [0, 0.05) is 0 Å². The van der Waals surface area contributed by atoms with Gasteiger partial charge in [0.15, 0.2) is 0 Å². The Morgan fingerprint density at radius 2 is 0.833 bits per heavy atom. The van der Waals surface area contributed by atoms with Crippen molar-refractivity contribution >= 4 is 37.2 Å². The molecule has 0 aromatic carbocycles. The molecule has 0 heterocycles. The third-order valence-electron chi connectivity index (χ3n) is 0. The maximum atomic E-state index is 2.22. The van der Waals surface area contributed by atoms with E-state index in [1.165, 1.54) is 0 Å². The summed E-state index contributed by atoms with van der Waals surface area (Å²) in [6.45, 7) is 0. The van der Waals surface area contributed by atoms with E-state index in [1.807, 2.05) is 0 Å². The third kappa shape index (κ3) is 51.2. The summed E-state index contributed by atoms with van der Waals surface area (Å²) >= 11 is 0.688. The van der Waals surface area contributed by atoms with Gasteiger partial charge in [0.2, 0.25) is 0 Å². The molecule has 43 valence electrons.